The van der Waals surface area contributed by atoms with Crippen LogP contribution in [0, 0.1) is 0 Å². The van der Waals surface area contributed by atoms with Gasteiger partial charge in [0.2, 0.25) is 0 Å². The average Bonchev–Trinajstić information content (AvgIpc) is 2.99. The number of hydrogen-bond acceptors (Lipinski definition) is 4. The van der Waals surface area contributed by atoms with Crippen LogP contribution in [0.2, 0.25) is 0 Å². The predicted octanol–water partition coefficient (Wildman–Crippen LogP) is 4.59. The molecular weight excluding hydrogens is 286 g/mol. The molecule has 108 valence electrons. The van der Waals surface area contributed by atoms with Gasteiger partial charge < -0.3 is 4.42 Å². The smallest absolute Gasteiger partial charge is 0.172 e. The van der Waals surface area contributed by atoms with Gasteiger partial charge in [-0.25, -0.2) is 9.97 Å². The maximum absolute atomic E-state index is 5.79. The summed E-state index contributed by atoms with van der Waals surface area (Å²) in [4.78, 5) is 13.7. The minimum absolute atomic E-state index is 0.661. The second-order valence-electron chi connectivity index (χ2n) is 5.39. The Balaban J connectivity index is 1.84. The Bertz CT molecular complexity index is 1170. The van der Waals surface area contributed by atoms with Gasteiger partial charge in [0.1, 0.15) is 11.1 Å². The van der Waals surface area contributed by atoms with Crippen molar-refractivity contribution in [2.24, 2.45) is 0 Å². The highest BCUT2D eigenvalue weighted by Gasteiger charge is 2.12. The molecule has 4 heteroatoms. The summed E-state index contributed by atoms with van der Waals surface area (Å²) in [5.41, 5.74) is 4.18. The first kappa shape index (κ1) is 12.3. The fourth-order valence-electron chi connectivity index (χ4n) is 2.92. The number of benzene rings is 2. The van der Waals surface area contributed by atoms with Crippen LogP contribution in [0.4, 0.5) is 0 Å². The topological polar surface area (TPSA) is 51.8 Å². The Morgan fingerprint density at radius 2 is 1.65 bits per heavy atom. The van der Waals surface area contributed by atoms with Gasteiger partial charge in [-0.2, -0.15) is 0 Å². The quantitative estimate of drug-likeness (QED) is 0.454. The van der Waals surface area contributed by atoms with E-state index in [9.17, 15) is 0 Å². The highest BCUT2D eigenvalue weighted by Crippen LogP contribution is 2.30. The SMILES string of the molecule is c1cnc2c(-c3ncc4oc5ccccc5c4n3)cccc2c1. The molecule has 0 fully saturated rings. The zero-order chi connectivity index (χ0) is 15.2. The van der Waals surface area contributed by atoms with Crippen molar-refractivity contribution in [3.05, 3.63) is 67.0 Å². The molecule has 0 aliphatic carbocycles. The number of fused-ring (bicyclic) bond motifs is 4. The van der Waals surface area contributed by atoms with E-state index in [0.717, 1.165) is 33.0 Å². The lowest BCUT2D eigenvalue weighted by molar-refractivity contribution is 0.666. The van der Waals surface area contributed by atoms with Crippen molar-refractivity contribution in [2.45, 2.75) is 0 Å². The first-order valence-corrected chi connectivity index (χ1v) is 7.38. The summed E-state index contributed by atoms with van der Waals surface area (Å²) in [6, 6.07) is 17.9. The fourth-order valence-corrected chi connectivity index (χ4v) is 2.92. The monoisotopic (exact) mass is 297 g/mol. The average molecular weight is 297 g/mol. The predicted molar refractivity (Wildman–Crippen MR) is 90.0 cm³/mol. The van der Waals surface area contributed by atoms with E-state index in [1.165, 1.54) is 0 Å². The second-order valence-corrected chi connectivity index (χ2v) is 5.39. The van der Waals surface area contributed by atoms with Gasteiger partial charge in [0.15, 0.2) is 11.4 Å². The summed E-state index contributed by atoms with van der Waals surface area (Å²) in [7, 11) is 0. The number of pyridine rings is 1. The number of para-hydroxylation sites is 2. The first-order chi connectivity index (χ1) is 11.4. The normalized spacial score (nSPS) is 11.5. The third kappa shape index (κ3) is 1.82. The van der Waals surface area contributed by atoms with E-state index in [4.69, 9.17) is 9.40 Å². The Morgan fingerprint density at radius 1 is 0.739 bits per heavy atom. The lowest BCUT2D eigenvalue weighted by Gasteiger charge is -2.04. The maximum atomic E-state index is 5.79. The summed E-state index contributed by atoms with van der Waals surface area (Å²) >= 11 is 0. The largest absolute Gasteiger partial charge is 0.453 e. The number of hydrogen-bond donors (Lipinski definition) is 0. The molecule has 0 saturated carbocycles. The van der Waals surface area contributed by atoms with Gasteiger partial charge in [-0.15, -0.1) is 0 Å². The molecule has 4 nitrogen and oxygen atoms in total. The van der Waals surface area contributed by atoms with Gasteiger partial charge in [0.25, 0.3) is 0 Å². The van der Waals surface area contributed by atoms with Gasteiger partial charge in [-0.3, -0.25) is 4.98 Å². The molecule has 3 heterocycles. The Hall–Kier alpha value is -3.27. The van der Waals surface area contributed by atoms with Crippen molar-refractivity contribution >= 4 is 33.0 Å². The van der Waals surface area contributed by atoms with E-state index in [2.05, 4.69) is 9.97 Å². The molecule has 0 N–H and O–H groups in total. The molecular formula is C19H11N3O. The van der Waals surface area contributed by atoms with Gasteiger partial charge in [-0.05, 0) is 24.3 Å². The molecule has 0 aliphatic heterocycles. The summed E-state index contributed by atoms with van der Waals surface area (Å²) in [6.45, 7) is 0. The molecule has 0 radical (unpaired) electrons. The van der Waals surface area contributed by atoms with Crippen LogP contribution in [0.5, 0.6) is 0 Å². The zero-order valence-corrected chi connectivity index (χ0v) is 12.1. The molecule has 0 atom stereocenters. The van der Waals surface area contributed by atoms with Crippen LogP contribution >= 0.6 is 0 Å². The van der Waals surface area contributed by atoms with Crippen LogP contribution in [0.25, 0.3) is 44.4 Å². The van der Waals surface area contributed by atoms with E-state index in [1.54, 1.807) is 12.4 Å². The molecule has 0 unspecified atom stereocenters. The Kier molecular flexibility index (Phi) is 2.46. The van der Waals surface area contributed by atoms with Crippen LogP contribution in [0.1, 0.15) is 0 Å². The summed E-state index contributed by atoms with van der Waals surface area (Å²) in [5.74, 6) is 0.661. The van der Waals surface area contributed by atoms with Gasteiger partial charge in [0.05, 0.1) is 11.7 Å². The summed E-state index contributed by atoms with van der Waals surface area (Å²) < 4.78 is 5.79. The van der Waals surface area contributed by atoms with Crippen LogP contribution in [0.15, 0.2) is 71.4 Å². The third-order valence-electron chi connectivity index (χ3n) is 3.99. The van der Waals surface area contributed by atoms with Gasteiger partial charge in [-0.1, -0.05) is 30.3 Å². The fraction of sp³-hybridized carbons (Fsp3) is 0. The molecule has 0 saturated heterocycles. The standard InChI is InChI=1S/C19H11N3O/c1-2-9-15-13(7-1)18-16(23-15)11-21-19(22-18)14-8-3-5-12-6-4-10-20-17(12)14/h1-11H. The highest BCUT2D eigenvalue weighted by atomic mass is 16.3. The zero-order valence-electron chi connectivity index (χ0n) is 12.1. The van der Waals surface area contributed by atoms with Gasteiger partial charge in [0, 0.05) is 22.5 Å². The van der Waals surface area contributed by atoms with Crippen molar-refractivity contribution in [2.75, 3.05) is 0 Å². The molecule has 5 aromatic rings. The van der Waals surface area contributed by atoms with Crippen LogP contribution in [-0.4, -0.2) is 15.0 Å². The molecule has 0 aliphatic rings. The Labute approximate surface area is 131 Å². The molecule has 2 aromatic carbocycles. The van der Waals surface area contributed by atoms with Gasteiger partial charge >= 0.3 is 0 Å². The van der Waals surface area contributed by atoms with E-state index < -0.39 is 0 Å². The number of rotatable bonds is 1. The summed E-state index contributed by atoms with van der Waals surface area (Å²) in [5, 5.41) is 2.07. The molecule has 3 aromatic heterocycles. The Morgan fingerprint density at radius 3 is 2.65 bits per heavy atom. The summed E-state index contributed by atoms with van der Waals surface area (Å²) in [6.07, 6.45) is 3.52. The first-order valence-electron chi connectivity index (χ1n) is 7.38. The van der Waals surface area contributed by atoms with E-state index in [0.29, 0.717) is 11.4 Å². The van der Waals surface area contributed by atoms with Crippen molar-refractivity contribution < 1.29 is 4.42 Å². The van der Waals surface area contributed by atoms with Crippen molar-refractivity contribution in [1.82, 2.24) is 15.0 Å². The van der Waals surface area contributed by atoms with Crippen LogP contribution in [-0.2, 0) is 0 Å². The third-order valence-corrected chi connectivity index (χ3v) is 3.99. The minimum Gasteiger partial charge on any atom is -0.453 e. The van der Waals surface area contributed by atoms with Crippen LogP contribution < -0.4 is 0 Å². The molecule has 0 bridgehead atoms. The maximum Gasteiger partial charge on any atom is 0.172 e. The van der Waals surface area contributed by atoms with E-state index in [-0.39, 0.29) is 0 Å². The minimum atomic E-state index is 0.661. The van der Waals surface area contributed by atoms with E-state index in [1.807, 2.05) is 54.6 Å². The van der Waals surface area contributed by atoms with Crippen molar-refractivity contribution in [1.29, 1.82) is 0 Å². The number of aromatic nitrogens is 3. The molecule has 5 rings (SSSR count). The number of furan rings is 1. The molecule has 0 spiro atoms. The lowest BCUT2D eigenvalue weighted by Crippen LogP contribution is -1.91. The van der Waals surface area contributed by atoms with Crippen molar-refractivity contribution in [3.63, 3.8) is 0 Å². The molecule has 23 heavy (non-hydrogen) atoms. The lowest BCUT2D eigenvalue weighted by atomic mass is 10.1. The highest BCUT2D eigenvalue weighted by molar-refractivity contribution is 6.03. The second kappa shape index (κ2) is 4.61. The number of nitrogens with zero attached hydrogens (tertiary/aromatic N) is 3. The van der Waals surface area contributed by atoms with E-state index >= 15 is 0 Å². The van der Waals surface area contributed by atoms with Crippen LogP contribution in [0.3, 0.4) is 0 Å². The molecule has 0 amide bonds. The van der Waals surface area contributed by atoms with Crippen molar-refractivity contribution in [3.8, 4) is 11.4 Å².